The van der Waals surface area contributed by atoms with Crippen molar-refractivity contribution in [2.24, 2.45) is 0 Å². The molecule has 2 aromatic heterocycles. The lowest BCUT2D eigenvalue weighted by molar-refractivity contribution is -0.384. The van der Waals surface area contributed by atoms with Gasteiger partial charge in [-0.2, -0.15) is 4.98 Å². The summed E-state index contributed by atoms with van der Waals surface area (Å²) in [7, 11) is 0. The second-order valence-corrected chi connectivity index (χ2v) is 8.03. The predicted molar refractivity (Wildman–Crippen MR) is 116 cm³/mol. The lowest BCUT2D eigenvalue weighted by Gasteiger charge is -2.14. The Morgan fingerprint density at radius 1 is 1.26 bits per heavy atom. The second-order valence-electron chi connectivity index (χ2n) is 7.07. The van der Waals surface area contributed by atoms with Gasteiger partial charge in [0.25, 0.3) is 5.69 Å². The van der Waals surface area contributed by atoms with Crippen molar-refractivity contribution >= 4 is 29.0 Å². The molecule has 31 heavy (non-hydrogen) atoms. The molecule has 158 valence electrons. The number of hydrogen-bond donors (Lipinski definition) is 1. The molecule has 0 spiro atoms. The summed E-state index contributed by atoms with van der Waals surface area (Å²) in [4.78, 5) is 43.7. The van der Waals surface area contributed by atoms with E-state index in [4.69, 9.17) is 0 Å². The van der Waals surface area contributed by atoms with Crippen LogP contribution in [0.5, 0.6) is 0 Å². The maximum absolute atomic E-state index is 12.7. The van der Waals surface area contributed by atoms with Crippen LogP contribution < -0.4 is 11.0 Å². The molecular weight excluding hydrogens is 418 g/mol. The van der Waals surface area contributed by atoms with Gasteiger partial charge in [-0.1, -0.05) is 23.9 Å². The Balaban J connectivity index is 1.48. The number of thioether (sulfide) groups is 1. The van der Waals surface area contributed by atoms with Gasteiger partial charge in [0.15, 0.2) is 0 Å². The van der Waals surface area contributed by atoms with E-state index in [0.717, 1.165) is 36.1 Å². The number of non-ortho nitro benzene ring substituents is 1. The number of pyridine rings is 1. The fourth-order valence-electron chi connectivity index (χ4n) is 3.57. The molecule has 0 fully saturated rings. The molecule has 1 aliphatic rings. The average Bonchev–Trinajstić information content (AvgIpc) is 3.25. The summed E-state index contributed by atoms with van der Waals surface area (Å²) in [5.74, 6) is -0.271. The van der Waals surface area contributed by atoms with Crippen LogP contribution in [0.25, 0.3) is 0 Å². The predicted octanol–water partition coefficient (Wildman–Crippen LogP) is 2.81. The summed E-state index contributed by atoms with van der Waals surface area (Å²) in [6.07, 6.45) is 5.95. The Kier molecular flexibility index (Phi) is 6.08. The molecule has 0 unspecified atom stereocenters. The largest absolute Gasteiger partial charge is 0.349 e. The van der Waals surface area contributed by atoms with Crippen LogP contribution in [0.15, 0.2) is 58.6 Å². The highest BCUT2D eigenvalue weighted by Crippen LogP contribution is 2.29. The van der Waals surface area contributed by atoms with Gasteiger partial charge in [0.05, 0.1) is 17.2 Å². The van der Waals surface area contributed by atoms with Crippen LogP contribution in [0.1, 0.15) is 23.2 Å². The van der Waals surface area contributed by atoms with E-state index in [9.17, 15) is 19.7 Å². The Labute approximate surface area is 181 Å². The fraction of sp³-hybridized carbons (Fsp3) is 0.238. The van der Waals surface area contributed by atoms with E-state index < -0.39 is 4.92 Å². The van der Waals surface area contributed by atoms with Gasteiger partial charge in [-0.3, -0.25) is 24.5 Å². The molecule has 1 amide bonds. The molecule has 0 aliphatic heterocycles. The molecule has 10 heteroatoms. The van der Waals surface area contributed by atoms with Gasteiger partial charge in [-0.05, 0) is 37.0 Å². The molecule has 1 aliphatic carbocycles. The molecule has 0 saturated carbocycles. The van der Waals surface area contributed by atoms with Gasteiger partial charge >= 0.3 is 5.69 Å². The number of hydrogen-bond acceptors (Lipinski definition) is 7. The molecule has 4 rings (SSSR count). The zero-order chi connectivity index (χ0) is 21.8. The summed E-state index contributed by atoms with van der Waals surface area (Å²) >= 11 is 1.21. The van der Waals surface area contributed by atoms with E-state index in [-0.39, 0.29) is 23.0 Å². The van der Waals surface area contributed by atoms with Crippen molar-refractivity contribution < 1.29 is 9.72 Å². The van der Waals surface area contributed by atoms with Crippen LogP contribution in [0, 0.1) is 10.1 Å². The number of rotatable bonds is 7. The topological polar surface area (TPSA) is 120 Å². The van der Waals surface area contributed by atoms with Crippen LogP contribution in [0.2, 0.25) is 0 Å². The first kappa shape index (κ1) is 20.7. The first-order chi connectivity index (χ1) is 15.0. The number of nitro benzene ring substituents is 1. The normalized spacial score (nSPS) is 12.4. The molecule has 0 saturated heterocycles. The number of nitro groups is 1. The summed E-state index contributed by atoms with van der Waals surface area (Å²) in [6, 6.07) is 9.51. The average molecular weight is 437 g/mol. The SMILES string of the molecule is O=C(CSc1nc(=O)n(Cc2cccnc2)c2c1CCC2)Nc1cccc([N+](=O)[O-])c1. The summed E-state index contributed by atoms with van der Waals surface area (Å²) in [5.41, 5.74) is 2.82. The standard InChI is InChI=1S/C21H19N5O4S/c27-19(23-15-5-1-6-16(10-15)26(29)30)13-31-20-17-7-2-8-18(17)25(21(28)24-20)12-14-4-3-9-22-11-14/h1,3-6,9-11H,2,7-8,12-13H2,(H,23,27). The number of amides is 1. The number of anilines is 1. The molecule has 1 N–H and O–H groups in total. The molecule has 1 aromatic carbocycles. The van der Waals surface area contributed by atoms with Crippen LogP contribution in [0.4, 0.5) is 11.4 Å². The van der Waals surface area contributed by atoms with Gasteiger partial charge < -0.3 is 5.32 Å². The van der Waals surface area contributed by atoms with Crippen LogP contribution in [0.3, 0.4) is 0 Å². The Morgan fingerprint density at radius 2 is 2.13 bits per heavy atom. The van der Waals surface area contributed by atoms with Gasteiger partial charge in [0.2, 0.25) is 5.91 Å². The van der Waals surface area contributed by atoms with Crippen LogP contribution in [-0.4, -0.2) is 31.1 Å². The number of nitrogens with one attached hydrogen (secondary N) is 1. The monoisotopic (exact) mass is 437 g/mol. The number of nitrogens with zero attached hydrogens (tertiary/aromatic N) is 4. The van der Waals surface area contributed by atoms with E-state index in [1.54, 1.807) is 23.0 Å². The van der Waals surface area contributed by atoms with E-state index in [0.29, 0.717) is 17.3 Å². The molecule has 0 atom stereocenters. The van der Waals surface area contributed by atoms with Crippen LogP contribution >= 0.6 is 11.8 Å². The Hall–Kier alpha value is -3.53. The zero-order valence-corrected chi connectivity index (χ0v) is 17.3. The van der Waals surface area contributed by atoms with Crippen LogP contribution in [-0.2, 0) is 24.2 Å². The van der Waals surface area contributed by atoms with Crippen molar-refractivity contribution in [2.75, 3.05) is 11.1 Å². The van der Waals surface area contributed by atoms with Crippen molar-refractivity contribution in [3.05, 3.63) is 86.2 Å². The first-order valence-electron chi connectivity index (χ1n) is 9.70. The minimum absolute atomic E-state index is 0.0498. The van der Waals surface area contributed by atoms with Gasteiger partial charge in [0, 0.05) is 41.5 Å². The fourth-order valence-corrected chi connectivity index (χ4v) is 4.45. The lowest BCUT2D eigenvalue weighted by atomic mass is 10.2. The maximum Gasteiger partial charge on any atom is 0.349 e. The summed E-state index contributed by atoms with van der Waals surface area (Å²) < 4.78 is 1.69. The maximum atomic E-state index is 12.7. The second kappa shape index (κ2) is 9.09. The third-order valence-electron chi connectivity index (χ3n) is 4.94. The minimum Gasteiger partial charge on any atom is -0.325 e. The third-order valence-corrected chi connectivity index (χ3v) is 5.96. The van der Waals surface area contributed by atoms with Gasteiger partial charge in [0.1, 0.15) is 5.03 Å². The Morgan fingerprint density at radius 3 is 2.90 bits per heavy atom. The number of carbonyl (C=O) groups is 1. The highest BCUT2D eigenvalue weighted by atomic mass is 32.2. The van der Waals surface area contributed by atoms with Crippen molar-refractivity contribution in [3.8, 4) is 0 Å². The summed E-state index contributed by atoms with van der Waals surface area (Å²) in [6.45, 7) is 0.417. The molecule has 2 heterocycles. The number of aromatic nitrogens is 3. The number of benzene rings is 1. The van der Waals surface area contributed by atoms with E-state index >= 15 is 0 Å². The molecular formula is C21H19N5O4S. The smallest absolute Gasteiger partial charge is 0.325 e. The molecule has 0 bridgehead atoms. The quantitative estimate of drug-likeness (QED) is 0.261. The van der Waals surface area contributed by atoms with Crippen molar-refractivity contribution in [1.82, 2.24) is 14.5 Å². The van der Waals surface area contributed by atoms with Gasteiger partial charge in [-0.15, -0.1) is 0 Å². The van der Waals surface area contributed by atoms with Crippen molar-refractivity contribution in [2.45, 2.75) is 30.8 Å². The molecule has 9 nitrogen and oxygen atoms in total. The van der Waals surface area contributed by atoms with Gasteiger partial charge in [-0.25, -0.2) is 4.79 Å². The first-order valence-corrected chi connectivity index (χ1v) is 10.7. The number of fused-ring (bicyclic) bond motifs is 1. The highest BCUT2D eigenvalue weighted by molar-refractivity contribution is 8.00. The lowest BCUT2D eigenvalue weighted by Crippen LogP contribution is -2.28. The molecule has 0 radical (unpaired) electrons. The van der Waals surface area contributed by atoms with E-state index in [1.807, 2.05) is 12.1 Å². The van der Waals surface area contributed by atoms with Crippen molar-refractivity contribution in [1.29, 1.82) is 0 Å². The number of carbonyl (C=O) groups excluding carboxylic acids is 1. The summed E-state index contributed by atoms with van der Waals surface area (Å²) in [5, 5.41) is 14.1. The third kappa shape index (κ3) is 4.80. The Bertz CT molecular complexity index is 1200. The van der Waals surface area contributed by atoms with E-state index in [2.05, 4.69) is 15.3 Å². The zero-order valence-electron chi connectivity index (χ0n) is 16.5. The highest BCUT2D eigenvalue weighted by Gasteiger charge is 2.22. The molecule has 3 aromatic rings. The van der Waals surface area contributed by atoms with Crippen molar-refractivity contribution in [3.63, 3.8) is 0 Å². The minimum atomic E-state index is -0.516. The van der Waals surface area contributed by atoms with E-state index in [1.165, 1.54) is 30.0 Å².